The SMILES string of the molecule is O=C(CCn1c(=S)[nH]c2cc3c(cc2c1=O)OCO3)N1CCN(c2ccc(F)cc2)CC1. The van der Waals surface area contributed by atoms with E-state index in [0.717, 1.165) is 5.69 Å². The average Bonchev–Trinajstić information content (AvgIpc) is 3.26. The lowest BCUT2D eigenvalue weighted by atomic mass is 10.2. The summed E-state index contributed by atoms with van der Waals surface area (Å²) >= 11 is 5.36. The normalized spacial score (nSPS) is 15.4. The van der Waals surface area contributed by atoms with Crippen LogP contribution in [-0.2, 0) is 11.3 Å². The van der Waals surface area contributed by atoms with E-state index in [9.17, 15) is 14.0 Å². The molecule has 0 atom stereocenters. The van der Waals surface area contributed by atoms with Crippen molar-refractivity contribution in [1.29, 1.82) is 0 Å². The Morgan fingerprint density at radius 2 is 1.75 bits per heavy atom. The first-order valence-electron chi connectivity index (χ1n) is 10.3. The maximum Gasteiger partial charge on any atom is 0.262 e. The monoisotopic (exact) mass is 456 g/mol. The maximum absolute atomic E-state index is 13.1. The molecule has 8 nitrogen and oxygen atoms in total. The number of ether oxygens (including phenoxy) is 2. The van der Waals surface area contributed by atoms with Crippen LogP contribution in [0.3, 0.4) is 0 Å². The molecule has 1 N–H and O–H groups in total. The third-order valence-electron chi connectivity index (χ3n) is 5.85. The van der Waals surface area contributed by atoms with Crippen molar-refractivity contribution >= 4 is 34.7 Å². The summed E-state index contributed by atoms with van der Waals surface area (Å²) in [6.07, 6.45) is 0.171. The Morgan fingerprint density at radius 1 is 1.06 bits per heavy atom. The summed E-state index contributed by atoms with van der Waals surface area (Å²) < 4.78 is 25.5. The number of benzene rings is 2. The predicted octanol–water partition coefficient (Wildman–Crippen LogP) is 2.67. The van der Waals surface area contributed by atoms with Gasteiger partial charge in [0.2, 0.25) is 12.7 Å². The van der Waals surface area contributed by atoms with Gasteiger partial charge in [-0.3, -0.25) is 14.2 Å². The van der Waals surface area contributed by atoms with Crippen LogP contribution >= 0.6 is 12.2 Å². The van der Waals surface area contributed by atoms with Gasteiger partial charge in [-0.15, -0.1) is 0 Å². The van der Waals surface area contributed by atoms with Gasteiger partial charge in [-0.1, -0.05) is 0 Å². The van der Waals surface area contributed by atoms with Crippen LogP contribution in [0.2, 0.25) is 0 Å². The largest absolute Gasteiger partial charge is 0.454 e. The first-order chi connectivity index (χ1) is 15.5. The number of hydrogen-bond donors (Lipinski definition) is 1. The van der Waals surface area contributed by atoms with E-state index < -0.39 is 0 Å². The molecule has 2 aliphatic heterocycles. The quantitative estimate of drug-likeness (QED) is 0.608. The van der Waals surface area contributed by atoms with Gasteiger partial charge in [0.05, 0.1) is 10.9 Å². The van der Waals surface area contributed by atoms with Gasteiger partial charge in [0.1, 0.15) is 5.82 Å². The van der Waals surface area contributed by atoms with E-state index in [2.05, 4.69) is 9.88 Å². The number of fused-ring (bicyclic) bond motifs is 2. The lowest BCUT2D eigenvalue weighted by Gasteiger charge is -2.36. The van der Waals surface area contributed by atoms with E-state index in [4.69, 9.17) is 21.7 Å². The number of aromatic nitrogens is 2. The van der Waals surface area contributed by atoms with Crippen LogP contribution in [-0.4, -0.2) is 53.3 Å². The van der Waals surface area contributed by atoms with Gasteiger partial charge < -0.3 is 24.3 Å². The van der Waals surface area contributed by atoms with E-state index in [1.54, 1.807) is 29.2 Å². The Morgan fingerprint density at radius 3 is 2.47 bits per heavy atom. The molecule has 166 valence electrons. The van der Waals surface area contributed by atoms with Gasteiger partial charge in [-0.25, -0.2) is 4.39 Å². The van der Waals surface area contributed by atoms with E-state index in [1.807, 2.05) is 0 Å². The van der Waals surface area contributed by atoms with Crippen molar-refractivity contribution in [2.24, 2.45) is 0 Å². The second-order valence-electron chi connectivity index (χ2n) is 7.73. The Labute approximate surface area is 187 Å². The molecule has 2 aliphatic rings. The van der Waals surface area contributed by atoms with Crippen LogP contribution in [0.15, 0.2) is 41.2 Å². The van der Waals surface area contributed by atoms with Crippen molar-refractivity contribution in [3.05, 3.63) is 57.3 Å². The van der Waals surface area contributed by atoms with E-state index in [0.29, 0.717) is 48.6 Å². The molecule has 0 spiro atoms. The molecule has 1 fully saturated rings. The van der Waals surface area contributed by atoms with Gasteiger partial charge in [-0.05, 0) is 42.5 Å². The third kappa shape index (κ3) is 3.81. The summed E-state index contributed by atoms with van der Waals surface area (Å²) in [5.41, 5.74) is 1.24. The van der Waals surface area contributed by atoms with Crippen molar-refractivity contribution < 1.29 is 18.7 Å². The summed E-state index contributed by atoms with van der Waals surface area (Å²) in [6, 6.07) is 9.69. The van der Waals surface area contributed by atoms with Crippen LogP contribution in [0.1, 0.15) is 6.42 Å². The third-order valence-corrected chi connectivity index (χ3v) is 6.17. The zero-order valence-corrected chi connectivity index (χ0v) is 18.0. The van der Waals surface area contributed by atoms with Crippen LogP contribution in [0.25, 0.3) is 10.9 Å². The maximum atomic E-state index is 13.1. The molecule has 32 heavy (non-hydrogen) atoms. The molecule has 0 aliphatic carbocycles. The van der Waals surface area contributed by atoms with Crippen molar-refractivity contribution in [1.82, 2.24) is 14.5 Å². The fourth-order valence-corrected chi connectivity index (χ4v) is 4.36. The minimum Gasteiger partial charge on any atom is -0.454 e. The lowest BCUT2D eigenvalue weighted by molar-refractivity contribution is -0.131. The zero-order chi connectivity index (χ0) is 22.2. The minimum atomic E-state index is -0.268. The molecule has 3 aromatic rings. The first-order valence-corrected chi connectivity index (χ1v) is 10.8. The highest BCUT2D eigenvalue weighted by Crippen LogP contribution is 2.34. The number of hydrogen-bond acceptors (Lipinski definition) is 6. The fraction of sp³-hybridized carbons (Fsp3) is 0.318. The van der Waals surface area contributed by atoms with Crippen molar-refractivity contribution in [3.63, 3.8) is 0 Å². The molecule has 1 amide bonds. The lowest BCUT2D eigenvalue weighted by Crippen LogP contribution is -2.49. The number of aromatic amines is 1. The predicted molar refractivity (Wildman–Crippen MR) is 119 cm³/mol. The molecule has 1 aromatic heterocycles. The zero-order valence-electron chi connectivity index (χ0n) is 17.2. The fourth-order valence-electron chi connectivity index (χ4n) is 4.08. The summed E-state index contributed by atoms with van der Waals surface area (Å²) in [5.74, 6) is 0.781. The van der Waals surface area contributed by atoms with E-state index >= 15 is 0 Å². The summed E-state index contributed by atoms with van der Waals surface area (Å²) in [6.45, 7) is 2.78. The minimum absolute atomic E-state index is 0.0316. The number of halogens is 1. The molecule has 10 heteroatoms. The van der Waals surface area contributed by atoms with Gasteiger partial charge in [0.15, 0.2) is 16.3 Å². The van der Waals surface area contributed by atoms with E-state index in [-0.39, 0.29) is 41.8 Å². The van der Waals surface area contributed by atoms with Crippen LogP contribution < -0.4 is 19.9 Å². The van der Waals surface area contributed by atoms with Crippen molar-refractivity contribution in [2.75, 3.05) is 37.9 Å². The van der Waals surface area contributed by atoms with Crippen molar-refractivity contribution in [2.45, 2.75) is 13.0 Å². The molecule has 0 saturated carbocycles. The number of nitrogens with one attached hydrogen (secondary N) is 1. The Hall–Kier alpha value is -3.40. The van der Waals surface area contributed by atoms with Crippen LogP contribution in [0.5, 0.6) is 11.5 Å². The molecule has 3 heterocycles. The summed E-state index contributed by atoms with van der Waals surface area (Å²) in [4.78, 5) is 32.7. The van der Waals surface area contributed by atoms with Crippen LogP contribution in [0.4, 0.5) is 10.1 Å². The summed E-state index contributed by atoms with van der Waals surface area (Å²) in [7, 11) is 0. The second kappa shape index (κ2) is 8.27. The average molecular weight is 456 g/mol. The molecule has 0 unspecified atom stereocenters. The van der Waals surface area contributed by atoms with Crippen LogP contribution in [0, 0.1) is 10.6 Å². The first kappa shape index (κ1) is 20.5. The van der Waals surface area contributed by atoms with Gasteiger partial charge in [-0.2, -0.15) is 0 Å². The number of amides is 1. The number of nitrogens with zero attached hydrogens (tertiary/aromatic N) is 3. The molecule has 2 aromatic carbocycles. The molecule has 1 saturated heterocycles. The Balaban J connectivity index is 1.25. The highest BCUT2D eigenvalue weighted by molar-refractivity contribution is 7.71. The molecular weight excluding hydrogens is 435 g/mol. The van der Waals surface area contributed by atoms with E-state index in [1.165, 1.54) is 16.7 Å². The second-order valence-corrected chi connectivity index (χ2v) is 8.12. The Kier molecular flexibility index (Phi) is 5.30. The number of anilines is 1. The number of piperazine rings is 1. The molecule has 0 radical (unpaired) electrons. The van der Waals surface area contributed by atoms with Crippen molar-refractivity contribution in [3.8, 4) is 11.5 Å². The van der Waals surface area contributed by atoms with Gasteiger partial charge in [0, 0.05) is 50.9 Å². The molecule has 0 bridgehead atoms. The van der Waals surface area contributed by atoms with Gasteiger partial charge in [0.25, 0.3) is 5.56 Å². The number of H-pyrrole nitrogens is 1. The number of carbonyl (C=O) groups is 1. The molecule has 5 rings (SSSR count). The number of carbonyl (C=O) groups excluding carboxylic acids is 1. The number of rotatable bonds is 4. The standard InChI is InChI=1S/C22H21FN4O4S/c23-14-1-3-15(4-2-14)25-7-9-26(10-8-25)20(28)5-6-27-21(29)16-11-18-19(31-13-30-18)12-17(16)24-22(27)32/h1-4,11-12H,5-10,13H2,(H,24,32). The smallest absolute Gasteiger partial charge is 0.262 e. The summed E-state index contributed by atoms with van der Waals surface area (Å²) in [5, 5.41) is 0.434. The highest BCUT2D eigenvalue weighted by Gasteiger charge is 2.22. The Bertz CT molecular complexity index is 1300. The highest BCUT2D eigenvalue weighted by atomic mass is 32.1. The molecular formula is C22H21FN4O4S. The topological polar surface area (TPSA) is 79.8 Å². The van der Waals surface area contributed by atoms with Gasteiger partial charge >= 0.3 is 0 Å².